The third kappa shape index (κ3) is 3.23. The monoisotopic (exact) mass is 332 g/mol. The zero-order valence-electron chi connectivity index (χ0n) is 13.1. The van der Waals surface area contributed by atoms with Crippen LogP contribution in [0.25, 0.3) is 0 Å². The number of sulfonamides is 1. The molecule has 0 saturated carbocycles. The topological polar surface area (TPSA) is 59.5 Å². The molecule has 1 aromatic carbocycles. The summed E-state index contributed by atoms with van der Waals surface area (Å²) in [5.41, 5.74) is 0.948. The highest BCUT2D eigenvalue weighted by molar-refractivity contribution is 7.89. The van der Waals surface area contributed by atoms with Crippen LogP contribution in [0, 0.1) is 0 Å². The van der Waals surface area contributed by atoms with Crippen molar-refractivity contribution in [1.82, 2.24) is 9.29 Å². The average molecular weight is 332 g/mol. The maximum Gasteiger partial charge on any atom is 0.243 e. The van der Waals surface area contributed by atoms with Gasteiger partial charge in [-0.15, -0.1) is 0 Å². The highest BCUT2D eigenvalue weighted by Gasteiger charge is 2.34. The molecular weight excluding hydrogens is 312 g/mol. The Morgan fingerprint density at radius 3 is 2.61 bits per heavy atom. The Bertz CT molecular complexity index is 745. The summed E-state index contributed by atoms with van der Waals surface area (Å²) in [6, 6.07) is 10.2. The number of benzene rings is 1. The zero-order chi connectivity index (χ0) is 16.3. The second-order valence-corrected chi connectivity index (χ2v) is 7.48. The predicted octanol–water partition coefficient (Wildman–Crippen LogP) is 3.01. The highest BCUT2D eigenvalue weighted by atomic mass is 32.2. The van der Waals surface area contributed by atoms with Crippen molar-refractivity contribution in [3.05, 3.63) is 54.4 Å². The fourth-order valence-corrected chi connectivity index (χ4v) is 4.66. The lowest BCUT2D eigenvalue weighted by Crippen LogP contribution is -2.38. The second-order valence-electron chi connectivity index (χ2n) is 5.59. The Morgan fingerprint density at radius 2 is 1.96 bits per heavy atom. The van der Waals surface area contributed by atoms with Crippen molar-refractivity contribution in [3.63, 3.8) is 0 Å². The van der Waals surface area contributed by atoms with E-state index in [1.54, 1.807) is 48.1 Å². The van der Waals surface area contributed by atoms with E-state index in [1.165, 1.54) is 0 Å². The van der Waals surface area contributed by atoms with Crippen molar-refractivity contribution >= 4 is 10.0 Å². The average Bonchev–Trinajstić information content (AvgIpc) is 2.62. The molecule has 0 aliphatic carbocycles. The number of pyridine rings is 1. The van der Waals surface area contributed by atoms with E-state index in [9.17, 15) is 8.42 Å². The van der Waals surface area contributed by atoms with Gasteiger partial charge in [0, 0.05) is 18.9 Å². The first-order valence-electron chi connectivity index (χ1n) is 7.69. The minimum atomic E-state index is -3.53. The van der Waals surface area contributed by atoms with Crippen LogP contribution in [0.2, 0.25) is 0 Å². The molecule has 0 N–H and O–H groups in total. The molecule has 2 aromatic rings. The fraction of sp³-hybridized carbons (Fsp3) is 0.353. The van der Waals surface area contributed by atoms with E-state index in [1.807, 2.05) is 12.1 Å². The van der Waals surface area contributed by atoms with E-state index in [-0.39, 0.29) is 6.04 Å². The number of nitrogens with zero attached hydrogens (tertiary/aromatic N) is 2. The van der Waals surface area contributed by atoms with Gasteiger partial charge in [0.25, 0.3) is 0 Å². The van der Waals surface area contributed by atoms with Crippen LogP contribution < -0.4 is 4.74 Å². The third-order valence-electron chi connectivity index (χ3n) is 4.19. The van der Waals surface area contributed by atoms with Crippen molar-refractivity contribution < 1.29 is 13.2 Å². The molecular formula is C17H20N2O3S. The van der Waals surface area contributed by atoms with Crippen molar-refractivity contribution in [2.24, 2.45) is 0 Å². The van der Waals surface area contributed by atoms with Gasteiger partial charge in [0.1, 0.15) is 5.75 Å². The highest BCUT2D eigenvalue weighted by Crippen LogP contribution is 2.35. The summed E-state index contributed by atoms with van der Waals surface area (Å²) in [4.78, 5) is 4.43. The van der Waals surface area contributed by atoms with Crippen molar-refractivity contribution in [1.29, 1.82) is 0 Å². The third-order valence-corrected chi connectivity index (χ3v) is 6.11. The molecule has 2 heterocycles. The lowest BCUT2D eigenvalue weighted by Gasteiger charge is -2.34. The van der Waals surface area contributed by atoms with Gasteiger partial charge in [-0.2, -0.15) is 4.31 Å². The molecule has 0 amide bonds. The lowest BCUT2D eigenvalue weighted by molar-refractivity contribution is 0.255. The van der Waals surface area contributed by atoms with Gasteiger partial charge in [-0.3, -0.25) is 4.98 Å². The van der Waals surface area contributed by atoms with Gasteiger partial charge >= 0.3 is 0 Å². The summed E-state index contributed by atoms with van der Waals surface area (Å²) in [6.07, 6.45) is 6.18. The predicted molar refractivity (Wildman–Crippen MR) is 87.7 cm³/mol. The van der Waals surface area contributed by atoms with Crippen LogP contribution in [0.5, 0.6) is 5.75 Å². The number of rotatable bonds is 4. The van der Waals surface area contributed by atoms with Gasteiger partial charge in [0.15, 0.2) is 0 Å². The Hall–Kier alpha value is -1.92. The largest absolute Gasteiger partial charge is 0.497 e. The van der Waals surface area contributed by atoms with Crippen LogP contribution in [0.4, 0.5) is 0 Å². The van der Waals surface area contributed by atoms with Gasteiger partial charge in [0.2, 0.25) is 10.0 Å². The second kappa shape index (κ2) is 6.68. The van der Waals surface area contributed by atoms with Gasteiger partial charge in [-0.05, 0) is 48.7 Å². The number of piperidine rings is 1. The van der Waals surface area contributed by atoms with Crippen LogP contribution in [-0.4, -0.2) is 31.4 Å². The van der Waals surface area contributed by atoms with Crippen LogP contribution in [0.3, 0.4) is 0 Å². The molecule has 1 aromatic heterocycles. The van der Waals surface area contributed by atoms with E-state index in [0.29, 0.717) is 17.2 Å². The molecule has 0 radical (unpaired) electrons. The van der Waals surface area contributed by atoms with E-state index < -0.39 is 10.0 Å². The molecule has 1 fully saturated rings. The van der Waals surface area contributed by atoms with E-state index in [4.69, 9.17) is 4.74 Å². The van der Waals surface area contributed by atoms with Crippen LogP contribution in [0.1, 0.15) is 30.9 Å². The molecule has 1 saturated heterocycles. The van der Waals surface area contributed by atoms with Gasteiger partial charge in [-0.25, -0.2) is 8.42 Å². The van der Waals surface area contributed by atoms with Crippen molar-refractivity contribution in [3.8, 4) is 5.75 Å². The number of ether oxygens (including phenoxy) is 1. The number of methoxy groups -OCH3 is 1. The molecule has 0 unspecified atom stereocenters. The molecule has 1 aliphatic rings. The molecule has 6 heteroatoms. The Labute approximate surface area is 137 Å². The first-order chi connectivity index (χ1) is 11.1. The van der Waals surface area contributed by atoms with Gasteiger partial charge in [-0.1, -0.05) is 12.5 Å². The summed E-state index contributed by atoms with van der Waals surface area (Å²) in [5.74, 6) is 0.645. The van der Waals surface area contributed by atoms with E-state index >= 15 is 0 Å². The summed E-state index contributed by atoms with van der Waals surface area (Å²) >= 11 is 0. The molecule has 3 rings (SSSR count). The van der Waals surface area contributed by atoms with E-state index in [2.05, 4.69) is 4.98 Å². The summed E-state index contributed by atoms with van der Waals surface area (Å²) in [6.45, 7) is 0.536. The maximum atomic E-state index is 13.0. The zero-order valence-corrected chi connectivity index (χ0v) is 13.9. The molecule has 23 heavy (non-hydrogen) atoms. The minimum Gasteiger partial charge on any atom is -0.497 e. The Morgan fingerprint density at radius 1 is 1.17 bits per heavy atom. The van der Waals surface area contributed by atoms with Crippen LogP contribution in [0.15, 0.2) is 53.7 Å². The van der Waals surface area contributed by atoms with Crippen LogP contribution in [-0.2, 0) is 10.0 Å². The quantitative estimate of drug-likeness (QED) is 0.863. The Kier molecular flexibility index (Phi) is 4.63. The Balaban J connectivity index is 1.95. The van der Waals surface area contributed by atoms with Crippen LogP contribution >= 0.6 is 0 Å². The van der Waals surface area contributed by atoms with Gasteiger partial charge in [0.05, 0.1) is 18.0 Å². The molecule has 5 nitrogen and oxygen atoms in total. The molecule has 0 bridgehead atoms. The lowest BCUT2D eigenvalue weighted by atomic mass is 9.99. The summed E-state index contributed by atoms with van der Waals surface area (Å²) in [5, 5.41) is 0. The molecule has 0 spiro atoms. The summed E-state index contributed by atoms with van der Waals surface area (Å²) in [7, 11) is -1.97. The fourth-order valence-electron chi connectivity index (χ4n) is 2.98. The maximum absolute atomic E-state index is 13.0. The SMILES string of the molecule is COc1ccc(S(=O)(=O)N2CCCC[C@H]2c2cccnc2)cc1. The number of hydrogen-bond donors (Lipinski definition) is 0. The smallest absolute Gasteiger partial charge is 0.243 e. The van der Waals surface area contributed by atoms with Gasteiger partial charge < -0.3 is 4.74 Å². The van der Waals surface area contributed by atoms with Crippen molar-refractivity contribution in [2.75, 3.05) is 13.7 Å². The standard InChI is InChI=1S/C17H20N2O3S/c1-22-15-7-9-16(10-8-15)23(20,21)19-12-3-2-6-17(19)14-5-4-11-18-13-14/h4-5,7-11,13,17H,2-3,6,12H2,1H3/t17-/m0/s1. The first kappa shape index (κ1) is 16.0. The summed E-state index contributed by atoms with van der Waals surface area (Å²) < 4.78 is 32.8. The normalized spacial score (nSPS) is 19.4. The van der Waals surface area contributed by atoms with Crippen molar-refractivity contribution in [2.45, 2.75) is 30.2 Å². The molecule has 1 aliphatic heterocycles. The first-order valence-corrected chi connectivity index (χ1v) is 9.13. The minimum absolute atomic E-state index is 0.149. The molecule has 1 atom stereocenters. The van der Waals surface area contributed by atoms with E-state index in [0.717, 1.165) is 24.8 Å². The number of hydrogen-bond acceptors (Lipinski definition) is 4. The number of aromatic nitrogens is 1. The molecule has 122 valence electrons.